The van der Waals surface area contributed by atoms with Gasteiger partial charge in [0.25, 0.3) is 0 Å². The van der Waals surface area contributed by atoms with E-state index in [4.69, 9.17) is 9.47 Å². The Morgan fingerprint density at radius 3 is 1.49 bits per heavy atom. The maximum atomic E-state index is 11.6. The molecule has 0 radical (unpaired) electrons. The van der Waals surface area contributed by atoms with E-state index in [1.807, 2.05) is 0 Å². The highest BCUT2D eigenvalue weighted by Crippen LogP contribution is 2.29. The molecule has 0 saturated heterocycles. The number of hydrogen-bond donors (Lipinski definition) is 0. The molecule has 1 aliphatic rings. The molecule has 0 aromatic rings. The molecule has 1 saturated carbocycles. The van der Waals surface area contributed by atoms with E-state index >= 15 is 0 Å². The zero-order valence-electron chi connectivity index (χ0n) is 25.2. The summed E-state index contributed by atoms with van der Waals surface area (Å²) in [5.41, 5.74) is 0.491. The van der Waals surface area contributed by atoms with Gasteiger partial charge in [-0.1, -0.05) is 142 Å². The average Bonchev–Trinajstić information content (AvgIpc) is 2.90. The topological polar surface area (TPSA) is 35.5 Å². The van der Waals surface area contributed by atoms with Crippen LogP contribution in [0.2, 0.25) is 0 Å². The third-order valence-corrected chi connectivity index (χ3v) is 8.19. The largest absolute Gasteiger partial charge is 0.462 e. The Morgan fingerprint density at radius 1 is 0.649 bits per heavy atom. The summed E-state index contributed by atoms with van der Waals surface area (Å²) in [5, 5.41) is 0. The molecule has 0 spiro atoms. The van der Waals surface area contributed by atoms with E-state index in [9.17, 15) is 4.79 Å². The third-order valence-electron chi connectivity index (χ3n) is 8.19. The van der Waals surface area contributed by atoms with Gasteiger partial charge in [-0.15, -0.1) is 0 Å². The molecule has 1 rings (SSSR count). The summed E-state index contributed by atoms with van der Waals surface area (Å²) in [6.07, 6.45) is 33.2. The lowest BCUT2D eigenvalue weighted by atomic mass is 9.82. The van der Waals surface area contributed by atoms with Gasteiger partial charge in [-0.2, -0.15) is 0 Å². The number of ether oxygens (including phenoxy) is 2. The molecule has 0 aromatic heterocycles. The van der Waals surface area contributed by atoms with Crippen molar-refractivity contribution >= 4 is 5.97 Å². The SMILES string of the molecule is C=C(C)C(=O)OCC1CCCC(COCCCCCCCCCCCCCCCCCCCCCC)C1. The second-order valence-corrected chi connectivity index (χ2v) is 12.1. The first-order chi connectivity index (χ1) is 18.1. The van der Waals surface area contributed by atoms with Crippen LogP contribution in [0, 0.1) is 11.8 Å². The Hall–Kier alpha value is -0.830. The molecule has 2 atom stereocenters. The summed E-state index contributed by atoms with van der Waals surface area (Å²) in [7, 11) is 0. The van der Waals surface area contributed by atoms with E-state index in [1.54, 1.807) is 6.92 Å². The number of esters is 1. The Labute approximate surface area is 231 Å². The highest BCUT2D eigenvalue weighted by atomic mass is 16.5. The lowest BCUT2D eigenvalue weighted by Crippen LogP contribution is -2.24. The number of rotatable bonds is 26. The van der Waals surface area contributed by atoms with Gasteiger partial charge in [0.15, 0.2) is 0 Å². The fourth-order valence-corrected chi connectivity index (χ4v) is 5.73. The van der Waals surface area contributed by atoms with E-state index in [1.165, 1.54) is 148 Å². The van der Waals surface area contributed by atoms with Crippen molar-refractivity contribution in [2.45, 2.75) is 168 Å². The van der Waals surface area contributed by atoms with Crippen molar-refractivity contribution in [2.75, 3.05) is 19.8 Å². The average molecular weight is 521 g/mol. The maximum absolute atomic E-state index is 11.6. The van der Waals surface area contributed by atoms with Crippen molar-refractivity contribution < 1.29 is 14.3 Å². The standard InChI is InChI=1S/C34H64O3/c1-4-5-6-7-8-9-10-11-12-13-14-15-16-17-18-19-20-21-22-23-27-36-29-32-25-24-26-33(28-32)30-37-34(35)31(2)3/h32-33H,2,4-30H2,1,3H3. The lowest BCUT2D eigenvalue weighted by Gasteiger charge is -2.28. The molecule has 0 heterocycles. The van der Waals surface area contributed by atoms with Gasteiger partial charge in [-0.25, -0.2) is 4.79 Å². The summed E-state index contributed by atoms with van der Waals surface area (Å²) in [6, 6.07) is 0. The summed E-state index contributed by atoms with van der Waals surface area (Å²) >= 11 is 0. The molecule has 218 valence electrons. The van der Waals surface area contributed by atoms with Gasteiger partial charge < -0.3 is 9.47 Å². The quantitative estimate of drug-likeness (QED) is 0.0646. The van der Waals surface area contributed by atoms with Gasteiger partial charge >= 0.3 is 5.97 Å². The molecule has 1 aliphatic carbocycles. The van der Waals surface area contributed by atoms with Crippen LogP contribution >= 0.6 is 0 Å². The normalized spacial score (nSPS) is 17.7. The van der Waals surface area contributed by atoms with Crippen molar-refractivity contribution in [2.24, 2.45) is 11.8 Å². The molecule has 0 aliphatic heterocycles. The minimum atomic E-state index is -0.252. The van der Waals surface area contributed by atoms with Crippen LogP contribution in [0.5, 0.6) is 0 Å². The van der Waals surface area contributed by atoms with Gasteiger partial charge in [-0.05, 0) is 44.4 Å². The van der Waals surface area contributed by atoms with Crippen molar-refractivity contribution in [1.82, 2.24) is 0 Å². The molecule has 1 fully saturated rings. The Morgan fingerprint density at radius 2 is 1.05 bits per heavy atom. The van der Waals surface area contributed by atoms with Crippen LogP contribution in [0.4, 0.5) is 0 Å². The zero-order chi connectivity index (χ0) is 26.8. The number of unbranched alkanes of at least 4 members (excludes halogenated alkanes) is 19. The minimum absolute atomic E-state index is 0.252. The molecular formula is C34H64O3. The fourth-order valence-electron chi connectivity index (χ4n) is 5.73. The Bertz CT molecular complexity index is 529. The van der Waals surface area contributed by atoms with Gasteiger partial charge in [0, 0.05) is 18.8 Å². The Kier molecular flexibility index (Phi) is 23.5. The predicted molar refractivity (Wildman–Crippen MR) is 160 cm³/mol. The molecule has 2 unspecified atom stereocenters. The van der Waals surface area contributed by atoms with Crippen LogP contribution in [-0.2, 0) is 14.3 Å². The minimum Gasteiger partial charge on any atom is -0.462 e. The summed E-state index contributed by atoms with van der Waals surface area (Å²) < 4.78 is 11.4. The van der Waals surface area contributed by atoms with Crippen LogP contribution in [-0.4, -0.2) is 25.8 Å². The number of hydrogen-bond acceptors (Lipinski definition) is 3. The van der Waals surface area contributed by atoms with Crippen molar-refractivity contribution in [3.63, 3.8) is 0 Å². The predicted octanol–water partition coefficient (Wildman–Crippen LogP) is 10.8. The van der Waals surface area contributed by atoms with Gasteiger partial charge in [-0.3, -0.25) is 0 Å². The second-order valence-electron chi connectivity index (χ2n) is 12.1. The monoisotopic (exact) mass is 520 g/mol. The van der Waals surface area contributed by atoms with Crippen molar-refractivity contribution in [1.29, 1.82) is 0 Å². The van der Waals surface area contributed by atoms with Gasteiger partial charge in [0.05, 0.1) is 6.61 Å². The van der Waals surface area contributed by atoms with Gasteiger partial charge in [0.1, 0.15) is 0 Å². The first-order valence-corrected chi connectivity index (χ1v) is 16.5. The van der Waals surface area contributed by atoms with Gasteiger partial charge in [0.2, 0.25) is 0 Å². The summed E-state index contributed by atoms with van der Waals surface area (Å²) in [6.45, 7) is 9.99. The summed E-state index contributed by atoms with van der Waals surface area (Å²) in [4.78, 5) is 11.6. The third kappa shape index (κ3) is 21.8. The molecule has 37 heavy (non-hydrogen) atoms. The molecular weight excluding hydrogens is 456 g/mol. The van der Waals surface area contributed by atoms with E-state index in [-0.39, 0.29) is 5.97 Å². The van der Waals surface area contributed by atoms with Crippen molar-refractivity contribution in [3.8, 4) is 0 Å². The van der Waals surface area contributed by atoms with Crippen LogP contribution in [0.1, 0.15) is 168 Å². The van der Waals surface area contributed by atoms with Crippen LogP contribution in [0.15, 0.2) is 12.2 Å². The highest BCUT2D eigenvalue weighted by Gasteiger charge is 2.23. The molecule has 3 heteroatoms. The van der Waals surface area contributed by atoms with Crippen LogP contribution in [0.3, 0.4) is 0 Å². The maximum Gasteiger partial charge on any atom is 0.333 e. The van der Waals surface area contributed by atoms with Crippen molar-refractivity contribution in [3.05, 3.63) is 12.2 Å². The first kappa shape index (κ1) is 34.2. The van der Waals surface area contributed by atoms with E-state index < -0.39 is 0 Å². The number of carbonyl (C=O) groups excluding carboxylic acids is 1. The molecule has 0 amide bonds. The van der Waals surface area contributed by atoms with E-state index in [0.717, 1.165) is 19.6 Å². The highest BCUT2D eigenvalue weighted by molar-refractivity contribution is 5.86. The zero-order valence-corrected chi connectivity index (χ0v) is 25.2. The molecule has 0 N–H and O–H groups in total. The van der Waals surface area contributed by atoms with E-state index in [0.29, 0.717) is 24.0 Å². The summed E-state index contributed by atoms with van der Waals surface area (Å²) in [5.74, 6) is 0.871. The fraction of sp³-hybridized carbons (Fsp3) is 0.912. The lowest BCUT2D eigenvalue weighted by molar-refractivity contribution is -0.140. The molecule has 0 aromatic carbocycles. The van der Waals surface area contributed by atoms with E-state index in [2.05, 4.69) is 13.5 Å². The first-order valence-electron chi connectivity index (χ1n) is 16.5. The van der Waals surface area contributed by atoms with Crippen LogP contribution < -0.4 is 0 Å². The smallest absolute Gasteiger partial charge is 0.333 e. The second kappa shape index (κ2) is 25.4. The van der Waals surface area contributed by atoms with Crippen LogP contribution in [0.25, 0.3) is 0 Å². The molecule has 3 nitrogen and oxygen atoms in total. The molecule has 0 bridgehead atoms. The Balaban J connectivity index is 1.76. The number of carbonyl (C=O) groups is 1.